The standard InChI is InChI=1S/C9H17N/c1-5-10-9(4)7-6-8(2)3/h6-7,10H,5H2,1-4H3/b9-7-. The Hall–Kier alpha value is -0.720. The number of rotatable bonds is 3. The molecule has 10 heavy (non-hydrogen) atoms. The van der Waals surface area contributed by atoms with Crippen molar-refractivity contribution in [3.8, 4) is 0 Å². The summed E-state index contributed by atoms with van der Waals surface area (Å²) in [6, 6.07) is 0. The van der Waals surface area contributed by atoms with E-state index in [0.717, 1.165) is 6.54 Å². The lowest BCUT2D eigenvalue weighted by Crippen LogP contribution is -2.08. The largest absolute Gasteiger partial charge is 0.389 e. The first-order chi connectivity index (χ1) is 4.66. The molecule has 0 aliphatic heterocycles. The SMILES string of the molecule is CCN/C(C)=C\C=C(C)C. The minimum atomic E-state index is 0.999. The number of nitrogens with one attached hydrogen (secondary N) is 1. The Bertz CT molecular complexity index is 139. The molecule has 0 saturated carbocycles. The van der Waals surface area contributed by atoms with Crippen LogP contribution in [0, 0.1) is 0 Å². The van der Waals surface area contributed by atoms with Crippen molar-refractivity contribution in [2.75, 3.05) is 6.54 Å². The monoisotopic (exact) mass is 139 g/mol. The van der Waals surface area contributed by atoms with Gasteiger partial charge in [0.25, 0.3) is 0 Å². The van der Waals surface area contributed by atoms with Gasteiger partial charge < -0.3 is 5.32 Å². The van der Waals surface area contributed by atoms with Gasteiger partial charge in [-0.15, -0.1) is 0 Å². The van der Waals surface area contributed by atoms with E-state index in [1.165, 1.54) is 11.3 Å². The summed E-state index contributed by atoms with van der Waals surface area (Å²) in [7, 11) is 0. The highest BCUT2D eigenvalue weighted by molar-refractivity contribution is 5.12. The second-order valence-corrected chi connectivity index (χ2v) is 2.62. The molecule has 0 spiro atoms. The van der Waals surface area contributed by atoms with E-state index in [9.17, 15) is 0 Å². The van der Waals surface area contributed by atoms with Gasteiger partial charge in [-0.3, -0.25) is 0 Å². The maximum Gasteiger partial charge on any atom is 0.0115 e. The molecule has 0 saturated heterocycles. The van der Waals surface area contributed by atoms with Gasteiger partial charge in [0.2, 0.25) is 0 Å². The van der Waals surface area contributed by atoms with Gasteiger partial charge in [0.1, 0.15) is 0 Å². The maximum absolute atomic E-state index is 3.22. The van der Waals surface area contributed by atoms with Crippen LogP contribution in [0.15, 0.2) is 23.4 Å². The van der Waals surface area contributed by atoms with Crippen molar-refractivity contribution in [1.82, 2.24) is 5.32 Å². The van der Waals surface area contributed by atoms with E-state index >= 15 is 0 Å². The Kier molecular flexibility index (Phi) is 4.73. The van der Waals surface area contributed by atoms with Crippen LogP contribution in [0.25, 0.3) is 0 Å². The lowest BCUT2D eigenvalue weighted by Gasteiger charge is -1.99. The van der Waals surface area contributed by atoms with Gasteiger partial charge in [0, 0.05) is 12.2 Å². The number of allylic oxidation sites excluding steroid dienone is 4. The summed E-state index contributed by atoms with van der Waals surface area (Å²) in [5.74, 6) is 0. The molecule has 1 heteroatoms. The minimum absolute atomic E-state index is 0.999. The van der Waals surface area contributed by atoms with Crippen molar-refractivity contribution >= 4 is 0 Å². The molecular weight excluding hydrogens is 122 g/mol. The third kappa shape index (κ3) is 5.42. The van der Waals surface area contributed by atoms with Gasteiger partial charge >= 0.3 is 0 Å². The predicted molar refractivity (Wildman–Crippen MR) is 46.9 cm³/mol. The molecule has 0 aromatic heterocycles. The van der Waals surface area contributed by atoms with E-state index in [-0.39, 0.29) is 0 Å². The fourth-order valence-corrected chi connectivity index (χ4v) is 0.629. The highest BCUT2D eigenvalue weighted by Crippen LogP contribution is 1.92. The molecule has 0 amide bonds. The van der Waals surface area contributed by atoms with Crippen LogP contribution in [0.1, 0.15) is 27.7 Å². The molecule has 0 aromatic carbocycles. The summed E-state index contributed by atoms with van der Waals surface area (Å²) in [6.45, 7) is 9.35. The lowest BCUT2D eigenvalue weighted by molar-refractivity contribution is 0.854. The number of hydrogen-bond acceptors (Lipinski definition) is 1. The van der Waals surface area contributed by atoms with Crippen molar-refractivity contribution in [2.45, 2.75) is 27.7 Å². The summed E-state index contributed by atoms with van der Waals surface area (Å²) in [6.07, 6.45) is 4.21. The van der Waals surface area contributed by atoms with Crippen molar-refractivity contribution in [3.63, 3.8) is 0 Å². The van der Waals surface area contributed by atoms with E-state index in [2.05, 4.69) is 45.2 Å². The molecule has 0 atom stereocenters. The first kappa shape index (κ1) is 9.28. The molecule has 0 aliphatic carbocycles. The molecule has 0 aliphatic rings. The maximum atomic E-state index is 3.22. The van der Waals surface area contributed by atoms with Crippen LogP contribution in [-0.4, -0.2) is 6.54 Å². The zero-order valence-electron chi connectivity index (χ0n) is 7.36. The van der Waals surface area contributed by atoms with Crippen molar-refractivity contribution < 1.29 is 0 Å². The molecule has 0 radical (unpaired) electrons. The Morgan fingerprint density at radius 3 is 2.20 bits per heavy atom. The average molecular weight is 139 g/mol. The molecule has 1 N–H and O–H groups in total. The van der Waals surface area contributed by atoms with Crippen LogP contribution in [0.4, 0.5) is 0 Å². The van der Waals surface area contributed by atoms with Crippen LogP contribution in [0.2, 0.25) is 0 Å². The Balaban J connectivity index is 3.79. The fourth-order valence-electron chi connectivity index (χ4n) is 0.629. The van der Waals surface area contributed by atoms with Crippen LogP contribution in [0.3, 0.4) is 0 Å². The summed E-state index contributed by atoms with van der Waals surface area (Å²) in [4.78, 5) is 0. The first-order valence-corrected chi connectivity index (χ1v) is 3.72. The lowest BCUT2D eigenvalue weighted by atomic mass is 10.3. The molecule has 58 valence electrons. The molecule has 0 bridgehead atoms. The second kappa shape index (κ2) is 5.10. The third-order valence-corrected chi connectivity index (χ3v) is 1.12. The van der Waals surface area contributed by atoms with Gasteiger partial charge in [-0.1, -0.05) is 11.6 Å². The third-order valence-electron chi connectivity index (χ3n) is 1.12. The zero-order chi connectivity index (χ0) is 7.98. The fraction of sp³-hybridized carbons (Fsp3) is 0.556. The van der Waals surface area contributed by atoms with Gasteiger partial charge in [-0.2, -0.15) is 0 Å². The normalized spacial score (nSPS) is 11.0. The molecule has 0 aromatic rings. The minimum Gasteiger partial charge on any atom is -0.389 e. The highest BCUT2D eigenvalue weighted by Gasteiger charge is 1.79. The van der Waals surface area contributed by atoms with Crippen molar-refractivity contribution in [3.05, 3.63) is 23.4 Å². The quantitative estimate of drug-likeness (QED) is 0.592. The molecule has 0 fully saturated rings. The Morgan fingerprint density at radius 1 is 1.20 bits per heavy atom. The zero-order valence-corrected chi connectivity index (χ0v) is 7.36. The van der Waals surface area contributed by atoms with Crippen LogP contribution in [0.5, 0.6) is 0 Å². The second-order valence-electron chi connectivity index (χ2n) is 2.62. The predicted octanol–water partition coefficient (Wildman–Crippen LogP) is 2.47. The van der Waals surface area contributed by atoms with Gasteiger partial charge in [-0.25, -0.2) is 0 Å². The summed E-state index contributed by atoms with van der Waals surface area (Å²) in [5, 5.41) is 3.22. The van der Waals surface area contributed by atoms with Gasteiger partial charge in [0.15, 0.2) is 0 Å². The average Bonchev–Trinajstić information content (AvgIpc) is 1.85. The smallest absolute Gasteiger partial charge is 0.0115 e. The highest BCUT2D eigenvalue weighted by atomic mass is 14.8. The topological polar surface area (TPSA) is 12.0 Å². The molecule has 0 rings (SSSR count). The summed E-state index contributed by atoms with van der Waals surface area (Å²) < 4.78 is 0. The molecule has 0 unspecified atom stereocenters. The van der Waals surface area contributed by atoms with E-state index in [4.69, 9.17) is 0 Å². The van der Waals surface area contributed by atoms with Crippen LogP contribution >= 0.6 is 0 Å². The van der Waals surface area contributed by atoms with Crippen LogP contribution < -0.4 is 5.32 Å². The molecular formula is C9H17N. The van der Waals surface area contributed by atoms with E-state index in [0.29, 0.717) is 0 Å². The van der Waals surface area contributed by atoms with Gasteiger partial charge in [-0.05, 0) is 33.8 Å². The van der Waals surface area contributed by atoms with E-state index in [1.54, 1.807) is 0 Å². The van der Waals surface area contributed by atoms with E-state index in [1.807, 2.05) is 0 Å². The summed E-state index contributed by atoms with van der Waals surface area (Å²) in [5.41, 5.74) is 2.56. The van der Waals surface area contributed by atoms with Gasteiger partial charge in [0.05, 0.1) is 0 Å². The number of hydrogen-bond donors (Lipinski definition) is 1. The molecule has 1 nitrogen and oxygen atoms in total. The van der Waals surface area contributed by atoms with Crippen molar-refractivity contribution in [1.29, 1.82) is 0 Å². The Labute approximate surface area is 63.8 Å². The van der Waals surface area contributed by atoms with Crippen LogP contribution in [-0.2, 0) is 0 Å². The van der Waals surface area contributed by atoms with E-state index < -0.39 is 0 Å². The summed E-state index contributed by atoms with van der Waals surface area (Å²) >= 11 is 0. The van der Waals surface area contributed by atoms with Crippen molar-refractivity contribution in [2.24, 2.45) is 0 Å². The molecule has 0 heterocycles. The first-order valence-electron chi connectivity index (χ1n) is 3.72. The Morgan fingerprint density at radius 2 is 1.80 bits per heavy atom.